The number of hydrogen-bond acceptors (Lipinski definition) is 1. The standard InChI is InChI=1S/C66H61N/c1-63(2,3)46-28-32-51-45(35-46)36-47(64(4,5)6)39-58(51)52-31-27-43(42-19-12-11-13-20-42)38-57(52)44-21-18-22-48(37-44)67(49-29-33-55-53-23-14-16-25-59(53)65(7,8)61(55)40-49)50-30-34-56-54-24-15-17-26-60(54)66(9,10)62(56)41-50/h11-41H,1-10H3. The molecule has 67 heavy (non-hydrogen) atoms. The van der Waals surface area contributed by atoms with Crippen molar-refractivity contribution in [3.05, 3.63) is 221 Å². The highest BCUT2D eigenvalue weighted by Crippen LogP contribution is 2.53. The molecule has 0 fully saturated rings. The summed E-state index contributed by atoms with van der Waals surface area (Å²) in [4.78, 5) is 2.51. The van der Waals surface area contributed by atoms with Crippen LogP contribution in [0.15, 0.2) is 188 Å². The van der Waals surface area contributed by atoms with Crippen molar-refractivity contribution >= 4 is 27.8 Å². The second-order valence-corrected chi connectivity index (χ2v) is 22.3. The van der Waals surface area contributed by atoms with Gasteiger partial charge in [0.2, 0.25) is 0 Å². The number of nitrogens with zero attached hydrogens (tertiary/aromatic N) is 1. The zero-order valence-corrected chi connectivity index (χ0v) is 40.8. The van der Waals surface area contributed by atoms with Gasteiger partial charge in [-0.3, -0.25) is 0 Å². The van der Waals surface area contributed by atoms with E-state index in [0.717, 1.165) is 17.1 Å². The van der Waals surface area contributed by atoms with Crippen LogP contribution in [0.1, 0.15) is 103 Å². The van der Waals surface area contributed by atoms with Gasteiger partial charge in [0, 0.05) is 27.9 Å². The molecule has 9 aromatic rings. The Morgan fingerprint density at radius 2 is 0.821 bits per heavy atom. The van der Waals surface area contributed by atoms with Gasteiger partial charge in [0.05, 0.1) is 0 Å². The molecule has 0 saturated heterocycles. The summed E-state index contributed by atoms with van der Waals surface area (Å²) in [6.07, 6.45) is 0. The van der Waals surface area contributed by atoms with Crippen LogP contribution in [-0.4, -0.2) is 0 Å². The first kappa shape index (κ1) is 42.7. The topological polar surface area (TPSA) is 3.24 Å². The fourth-order valence-corrected chi connectivity index (χ4v) is 11.2. The van der Waals surface area contributed by atoms with E-state index in [9.17, 15) is 0 Å². The molecule has 0 N–H and O–H groups in total. The molecule has 11 rings (SSSR count). The van der Waals surface area contributed by atoms with Crippen molar-refractivity contribution in [2.45, 2.75) is 90.9 Å². The summed E-state index contributed by atoms with van der Waals surface area (Å²) < 4.78 is 0. The lowest BCUT2D eigenvalue weighted by molar-refractivity contribution is 0.589. The summed E-state index contributed by atoms with van der Waals surface area (Å²) in [6.45, 7) is 23.5. The average Bonchev–Trinajstić information content (AvgIpc) is 3.69. The predicted molar refractivity (Wildman–Crippen MR) is 287 cm³/mol. The van der Waals surface area contributed by atoms with E-state index >= 15 is 0 Å². The van der Waals surface area contributed by atoms with E-state index in [-0.39, 0.29) is 21.7 Å². The van der Waals surface area contributed by atoms with Gasteiger partial charge in [-0.15, -0.1) is 0 Å². The predicted octanol–water partition coefficient (Wildman–Crippen LogP) is 18.5. The van der Waals surface area contributed by atoms with Gasteiger partial charge in [0.1, 0.15) is 0 Å². The normalized spacial score (nSPS) is 14.4. The van der Waals surface area contributed by atoms with Gasteiger partial charge in [0.15, 0.2) is 0 Å². The maximum atomic E-state index is 2.51. The molecule has 2 aliphatic carbocycles. The third-order valence-electron chi connectivity index (χ3n) is 15.2. The smallest absolute Gasteiger partial charge is 0.0467 e. The Hall–Kier alpha value is -6.96. The summed E-state index contributed by atoms with van der Waals surface area (Å²) >= 11 is 0. The number of hydrogen-bond donors (Lipinski definition) is 0. The van der Waals surface area contributed by atoms with Crippen molar-refractivity contribution in [2.24, 2.45) is 0 Å². The molecule has 0 atom stereocenters. The minimum Gasteiger partial charge on any atom is -0.310 e. The monoisotopic (exact) mass is 867 g/mol. The SMILES string of the molecule is CC(C)(C)c1ccc2c(-c3ccc(-c4ccccc4)cc3-c3cccc(N(c4ccc5c(c4)C(C)(C)c4ccccc4-5)c4ccc5c(c4)C(C)(C)c4ccccc4-5)c3)cc(C(C)(C)C)cc2c1. The first-order valence-corrected chi connectivity index (χ1v) is 24.2. The number of benzene rings is 9. The summed E-state index contributed by atoms with van der Waals surface area (Å²) in [5.41, 5.74) is 24.0. The lowest BCUT2D eigenvalue weighted by Crippen LogP contribution is -2.18. The number of anilines is 3. The first-order valence-electron chi connectivity index (χ1n) is 24.2. The maximum absolute atomic E-state index is 2.51. The second-order valence-electron chi connectivity index (χ2n) is 22.3. The maximum Gasteiger partial charge on any atom is 0.0467 e. The van der Waals surface area contributed by atoms with Crippen molar-refractivity contribution in [3.63, 3.8) is 0 Å². The van der Waals surface area contributed by atoms with Crippen LogP contribution in [0.3, 0.4) is 0 Å². The minimum absolute atomic E-state index is 0.0389. The van der Waals surface area contributed by atoms with Crippen LogP contribution in [-0.2, 0) is 21.7 Å². The molecule has 9 aromatic carbocycles. The van der Waals surface area contributed by atoms with Crippen LogP contribution in [0.2, 0.25) is 0 Å². The van der Waals surface area contributed by atoms with E-state index in [2.05, 4.69) is 262 Å². The highest BCUT2D eigenvalue weighted by Gasteiger charge is 2.38. The molecule has 0 aromatic heterocycles. The summed E-state index contributed by atoms with van der Waals surface area (Å²) in [5.74, 6) is 0. The van der Waals surface area contributed by atoms with Crippen molar-refractivity contribution in [1.29, 1.82) is 0 Å². The largest absolute Gasteiger partial charge is 0.310 e. The molecule has 0 aliphatic heterocycles. The molecule has 0 amide bonds. The van der Waals surface area contributed by atoms with Crippen LogP contribution >= 0.6 is 0 Å². The Morgan fingerprint density at radius 1 is 0.313 bits per heavy atom. The molecule has 0 saturated carbocycles. The fourth-order valence-electron chi connectivity index (χ4n) is 11.2. The number of fused-ring (bicyclic) bond motifs is 7. The second kappa shape index (κ2) is 15.3. The van der Waals surface area contributed by atoms with Crippen molar-refractivity contribution in [2.75, 3.05) is 4.90 Å². The van der Waals surface area contributed by atoms with E-state index in [0.29, 0.717) is 0 Å². The molecule has 1 nitrogen and oxygen atoms in total. The lowest BCUT2D eigenvalue weighted by atomic mass is 9.80. The van der Waals surface area contributed by atoms with Crippen molar-refractivity contribution in [3.8, 4) is 55.6 Å². The summed E-state index contributed by atoms with van der Waals surface area (Å²) in [5, 5.41) is 2.56. The molecule has 0 radical (unpaired) electrons. The van der Waals surface area contributed by atoms with E-state index in [1.165, 1.54) is 99.8 Å². The molecule has 330 valence electrons. The van der Waals surface area contributed by atoms with Crippen LogP contribution in [0.4, 0.5) is 17.1 Å². The highest BCUT2D eigenvalue weighted by molar-refractivity contribution is 6.03. The molecule has 1 heteroatoms. The molecular weight excluding hydrogens is 807 g/mol. The van der Waals surface area contributed by atoms with Gasteiger partial charge in [-0.1, -0.05) is 209 Å². The van der Waals surface area contributed by atoms with Crippen LogP contribution in [0.5, 0.6) is 0 Å². The Kier molecular flexibility index (Phi) is 9.74. The fraction of sp³-hybridized carbons (Fsp3) is 0.212. The zero-order valence-electron chi connectivity index (χ0n) is 40.8. The third-order valence-corrected chi connectivity index (χ3v) is 15.2. The number of rotatable bonds is 6. The molecule has 0 heterocycles. The highest BCUT2D eigenvalue weighted by atomic mass is 15.1. The van der Waals surface area contributed by atoms with Gasteiger partial charge in [-0.2, -0.15) is 0 Å². The third kappa shape index (κ3) is 7.05. The Balaban J connectivity index is 1.14. The van der Waals surface area contributed by atoms with Gasteiger partial charge >= 0.3 is 0 Å². The molecule has 0 bridgehead atoms. The molecule has 0 unspecified atom stereocenters. The van der Waals surface area contributed by atoms with Crippen molar-refractivity contribution in [1.82, 2.24) is 0 Å². The Bertz CT molecular complexity index is 3310. The van der Waals surface area contributed by atoms with Crippen LogP contribution < -0.4 is 4.90 Å². The van der Waals surface area contributed by atoms with Gasteiger partial charge in [-0.25, -0.2) is 0 Å². The quantitative estimate of drug-likeness (QED) is 0.161. The molecular formula is C66H61N. The average molecular weight is 868 g/mol. The summed E-state index contributed by atoms with van der Waals surface area (Å²) in [6, 6.07) is 71.5. The van der Waals surface area contributed by atoms with Gasteiger partial charge < -0.3 is 4.90 Å². The minimum atomic E-state index is -0.137. The van der Waals surface area contributed by atoms with Gasteiger partial charge in [0.25, 0.3) is 0 Å². The molecule has 0 spiro atoms. The van der Waals surface area contributed by atoms with E-state index in [4.69, 9.17) is 0 Å². The Labute approximate surface area is 398 Å². The van der Waals surface area contributed by atoms with E-state index in [1.807, 2.05) is 0 Å². The van der Waals surface area contributed by atoms with E-state index < -0.39 is 0 Å². The van der Waals surface area contributed by atoms with Crippen LogP contribution in [0, 0.1) is 0 Å². The molecule has 2 aliphatic rings. The summed E-state index contributed by atoms with van der Waals surface area (Å²) in [7, 11) is 0. The van der Waals surface area contributed by atoms with Crippen molar-refractivity contribution < 1.29 is 0 Å². The lowest BCUT2D eigenvalue weighted by Gasteiger charge is -2.30. The zero-order chi connectivity index (χ0) is 46.6. The van der Waals surface area contributed by atoms with E-state index in [1.54, 1.807) is 0 Å². The first-order chi connectivity index (χ1) is 32.0. The van der Waals surface area contributed by atoms with Crippen LogP contribution in [0.25, 0.3) is 66.4 Å². The van der Waals surface area contributed by atoms with Gasteiger partial charge in [-0.05, 0) is 159 Å². The Morgan fingerprint density at radius 3 is 1.42 bits per heavy atom.